The van der Waals surface area contributed by atoms with E-state index in [2.05, 4.69) is 15.9 Å². The first kappa shape index (κ1) is 17.9. The van der Waals surface area contributed by atoms with E-state index in [0.29, 0.717) is 18.9 Å². The lowest BCUT2D eigenvalue weighted by molar-refractivity contribution is -0.145. The van der Waals surface area contributed by atoms with Crippen molar-refractivity contribution in [2.24, 2.45) is 5.92 Å². The van der Waals surface area contributed by atoms with Crippen molar-refractivity contribution in [1.29, 1.82) is 0 Å². The fourth-order valence-electron chi connectivity index (χ4n) is 2.77. The molecule has 0 atom stereocenters. The number of benzene rings is 1. The van der Waals surface area contributed by atoms with Crippen LogP contribution in [0.3, 0.4) is 0 Å². The van der Waals surface area contributed by atoms with Crippen LogP contribution in [0.2, 0.25) is 0 Å². The molecule has 1 aromatic carbocycles. The summed E-state index contributed by atoms with van der Waals surface area (Å²) in [6, 6.07) is 7.58. The van der Waals surface area contributed by atoms with E-state index in [0.717, 1.165) is 42.5 Å². The van der Waals surface area contributed by atoms with E-state index in [1.54, 1.807) is 0 Å². The van der Waals surface area contributed by atoms with Gasteiger partial charge in [-0.05, 0) is 42.9 Å². The molecule has 0 bridgehead atoms. The number of ether oxygens (including phenoxy) is 1. The maximum atomic E-state index is 12.4. The molecule has 0 unspecified atom stereocenters. The van der Waals surface area contributed by atoms with Gasteiger partial charge in [-0.25, -0.2) is 0 Å². The van der Waals surface area contributed by atoms with Crippen LogP contribution in [0.1, 0.15) is 31.2 Å². The predicted octanol–water partition coefficient (Wildman–Crippen LogP) is 3.07. The smallest absolute Gasteiger partial charge is 0.323 e. The summed E-state index contributed by atoms with van der Waals surface area (Å²) in [7, 11) is 0. The second-order valence-corrected chi connectivity index (χ2v) is 6.78. The summed E-state index contributed by atoms with van der Waals surface area (Å²) in [5.41, 5.74) is 0.917. The van der Waals surface area contributed by atoms with Gasteiger partial charge >= 0.3 is 5.97 Å². The van der Waals surface area contributed by atoms with Gasteiger partial charge in [0.1, 0.15) is 6.54 Å². The highest BCUT2D eigenvalue weighted by Gasteiger charge is 2.20. The Labute approximate surface area is 144 Å². The average molecular weight is 384 g/mol. The lowest BCUT2D eigenvalue weighted by Crippen LogP contribution is -2.35. The first-order valence-electron chi connectivity index (χ1n) is 7.86. The third-order valence-corrected chi connectivity index (χ3v) is 4.54. The molecule has 1 N–H and O–H groups in total. The number of carbonyl (C=O) groups is 2. The lowest BCUT2D eigenvalue weighted by atomic mass is 9.94. The molecule has 1 aliphatic heterocycles. The zero-order valence-electron chi connectivity index (χ0n) is 13.0. The van der Waals surface area contributed by atoms with Crippen molar-refractivity contribution in [2.75, 3.05) is 19.8 Å². The van der Waals surface area contributed by atoms with Crippen LogP contribution in [-0.4, -0.2) is 41.6 Å². The Morgan fingerprint density at radius 2 is 2.04 bits per heavy atom. The molecule has 2 rings (SSSR count). The SMILES string of the molecule is O=C(O)CN(Cc1cccc(Br)c1)C(=O)CCC1CCOCC1. The van der Waals surface area contributed by atoms with Gasteiger partial charge in [-0.1, -0.05) is 28.1 Å². The fraction of sp³-hybridized carbons (Fsp3) is 0.529. The number of aliphatic carboxylic acids is 1. The summed E-state index contributed by atoms with van der Waals surface area (Å²) >= 11 is 3.39. The highest BCUT2D eigenvalue weighted by Crippen LogP contribution is 2.21. The number of rotatable bonds is 7. The Morgan fingerprint density at radius 3 is 2.70 bits per heavy atom. The molecule has 23 heavy (non-hydrogen) atoms. The fourth-order valence-corrected chi connectivity index (χ4v) is 3.22. The number of carboxylic acid groups (broad SMARTS) is 1. The Hall–Kier alpha value is -1.40. The number of hydrogen-bond acceptors (Lipinski definition) is 3. The summed E-state index contributed by atoms with van der Waals surface area (Å²) in [5.74, 6) is -0.580. The number of carbonyl (C=O) groups excluding carboxylic acids is 1. The minimum atomic E-state index is -0.987. The lowest BCUT2D eigenvalue weighted by Gasteiger charge is -2.24. The minimum Gasteiger partial charge on any atom is -0.480 e. The van der Waals surface area contributed by atoms with E-state index in [1.807, 2.05) is 24.3 Å². The number of hydrogen-bond donors (Lipinski definition) is 1. The van der Waals surface area contributed by atoms with Gasteiger partial charge in [0.05, 0.1) is 0 Å². The van der Waals surface area contributed by atoms with Crippen molar-refractivity contribution in [1.82, 2.24) is 4.90 Å². The van der Waals surface area contributed by atoms with Crippen LogP contribution in [0.5, 0.6) is 0 Å². The van der Waals surface area contributed by atoms with Crippen molar-refractivity contribution in [2.45, 2.75) is 32.2 Å². The molecule has 1 fully saturated rings. The van der Waals surface area contributed by atoms with Crippen LogP contribution >= 0.6 is 15.9 Å². The highest BCUT2D eigenvalue weighted by molar-refractivity contribution is 9.10. The molecule has 0 aromatic heterocycles. The zero-order valence-corrected chi connectivity index (χ0v) is 14.6. The van der Waals surface area contributed by atoms with Crippen molar-refractivity contribution in [3.63, 3.8) is 0 Å². The molecule has 5 nitrogen and oxygen atoms in total. The normalized spacial score (nSPS) is 15.3. The molecule has 1 amide bonds. The van der Waals surface area contributed by atoms with Crippen LogP contribution in [-0.2, 0) is 20.9 Å². The summed E-state index contributed by atoms with van der Waals surface area (Å²) < 4.78 is 6.24. The molecule has 0 spiro atoms. The largest absolute Gasteiger partial charge is 0.480 e. The van der Waals surface area contributed by atoms with E-state index < -0.39 is 5.97 Å². The van der Waals surface area contributed by atoms with Gasteiger partial charge in [0.15, 0.2) is 0 Å². The Morgan fingerprint density at radius 1 is 1.30 bits per heavy atom. The Balaban J connectivity index is 1.93. The van der Waals surface area contributed by atoms with Gasteiger partial charge in [-0.3, -0.25) is 9.59 Å². The summed E-state index contributed by atoms with van der Waals surface area (Å²) in [6.07, 6.45) is 3.17. The van der Waals surface area contributed by atoms with Crippen LogP contribution in [0.15, 0.2) is 28.7 Å². The van der Waals surface area contributed by atoms with Crippen LogP contribution in [0.25, 0.3) is 0 Å². The first-order chi connectivity index (χ1) is 11.0. The van der Waals surface area contributed by atoms with E-state index >= 15 is 0 Å². The molecule has 1 saturated heterocycles. The van der Waals surface area contributed by atoms with E-state index in [-0.39, 0.29) is 12.5 Å². The second kappa shape index (κ2) is 9.03. The standard InChI is InChI=1S/C17H22BrNO4/c18-15-3-1-2-14(10-15)11-19(12-17(21)22)16(20)5-4-13-6-8-23-9-7-13/h1-3,10,13H,4-9,11-12H2,(H,21,22). The molecule has 1 aromatic rings. The molecular weight excluding hydrogens is 362 g/mol. The van der Waals surface area contributed by atoms with Crippen LogP contribution < -0.4 is 0 Å². The Kier molecular flexibility index (Phi) is 7.05. The van der Waals surface area contributed by atoms with E-state index in [4.69, 9.17) is 9.84 Å². The summed E-state index contributed by atoms with van der Waals surface area (Å²) in [4.78, 5) is 24.9. The molecule has 1 heterocycles. The molecule has 0 saturated carbocycles. The molecule has 0 aliphatic carbocycles. The third kappa shape index (κ3) is 6.31. The quantitative estimate of drug-likeness (QED) is 0.785. The monoisotopic (exact) mass is 383 g/mol. The van der Waals surface area contributed by atoms with Crippen LogP contribution in [0.4, 0.5) is 0 Å². The Bertz CT molecular complexity index is 543. The van der Waals surface area contributed by atoms with Gasteiger partial charge in [0.2, 0.25) is 5.91 Å². The van der Waals surface area contributed by atoms with Gasteiger partial charge < -0.3 is 14.7 Å². The minimum absolute atomic E-state index is 0.0983. The van der Waals surface area contributed by atoms with Crippen molar-refractivity contribution in [3.8, 4) is 0 Å². The topological polar surface area (TPSA) is 66.8 Å². The second-order valence-electron chi connectivity index (χ2n) is 5.87. The van der Waals surface area contributed by atoms with Gasteiger partial charge in [0.25, 0.3) is 0 Å². The maximum absolute atomic E-state index is 12.4. The predicted molar refractivity (Wildman–Crippen MR) is 90.0 cm³/mol. The third-order valence-electron chi connectivity index (χ3n) is 4.05. The maximum Gasteiger partial charge on any atom is 0.323 e. The van der Waals surface area contributed by atoms with Gasteiger partial charge in [-0.2, -0.15) is 0 Å². The van der Waals surface area contributed by atoms with E-state index in [9.17, 15) is 9.59 Å². The van der Waals surface area contributed by atoms with Crippen molar-refractivity contribution in [3.05, 3.63) is 34.3 Å². The van der Waals surface area contributed by atoms with Crippen molar-refractivity contribution < 1.29 is 19.4 Å². The molecule has 0 radical (unpaired) electrons. The number of halogens is 1. The molecular formula is C17H22BrNO4. The molecule has 1 aliphatic rings. The summed E-state index contributed by atoms with van der Waals surface area (Å²) in [5, 5.41) is 9.06. The highest BCUT2D eigenvalue weighted by atomic mass is 79.9. The van der Waals surface area contributed by atoms with Gasteiger partial charge in [0, 0.05) is 30.7 Å². The summed E-state index contributed by atoms with van der Waals surface area (Å²) in [6.45, 7) is 1.57. The average Bonchev–Trinajstić information content (AvgIpc) is 2.52. The number of nitrogens with zero attached hydrogens (tertiary/aromatic N) is 1. The van der Waals surface area contributed by atoms with Crippen LogP contribution in [0, 0.1) is 5.92 Å². The molecule has 126 valence electrons. The zero-order chi connectivity index (χ0) is 16.7. The van der Waals surface area contributed by atoms with E-state index in [1.165, 1.54) is 4.90 Å². The van der Waals surface area contributed by atoms with Crippen molar-refractivity contribution >= 4 is 27.8 Å². The molecule has 6 heteroatoms. The number of carboxylic acids is 1. The van der Waals surface area contributed by atoms with Gasteiger partial charge in [-0.15, -0.1) is 0 Å². The first-order valence-corrected chi connectivity index (χ1v) is 8.65. The number of amides is 1.